The van der Waals surface area contributed by atoms with Gasteiger partial charge in [-0.2, -0.15) is 0 Å². The minimum Gasteiger partial charge on any atom is -0.383 e. The van der Waals surface area contributed by atoms with Gasteiger partial charge in [-0.3, -0.25) is 9.59 Å². The van der Waals surface area contributed by atoms with Crippen molar-refractivity contribution >= 4 is 28.7 Å². The van der Waals surface area contributed by atoms with Crippen LogP contribution in [0.3, 0.4) is 0 Å². The molecule has 0 aliphatic carbocycles. The van der Waals surface area contributed by atoms with Crippen molar-refractivity contribution in [2.24, 2.45) is 5.92 Å². The Morgan fingerprint density at radius 1 is 1.06 bits per heavy atom. The summed E-state index contributed by atoms with van der Waals surface area (Å²) in [5.74, 6) is 0.431. The van der Waals surface area contributed by atoms with Gasteiger partial charge in [-0.25, -0.2) is 4.98 Å². The highest BCUT2D eigenvalue weighted by Crippen LogP contribution is 2.23. The van der Waals surface area contributed by atoms with Crippen molar-refractivity contribution in [3.8, 4) is 0 Å². The smallest absolute Gasteiger partial charge is 0.256 e. The zero-order valence-corrected chi connectivity index (χ0v) is 19.4. The van der Waals surface area contributed by atoms with Crippen molar-refractivity contribution in [3.63, 3.8) is 0 Å². The highest BCUT2D eigenvalue weighted by molar-refractivity contribution is 6.07. The molecule has 7 heteroatoms. The Morgan fingerprint density at radius 2 is 1.78 bits per heavy atom. The number of hydrogen-bond donors (Lipinski definition) is 2. The van der Waals surface area contributed by atoms with Gasteiger partial charge in [0.25, 0.3) is 11.8 Å². The molecule has 0 spiro atoms. The molecule has 0 fully saturated rings. The van der Waals surface area contributed by atoms with Gasteiger partial charge in [0.15, 0.2) is 0 Å². The lowest BCUT2D eigenvalue weighted by atomic mass is 10.1. The summed E-state index contributed by atoms with van der Waals surface area (Å²) in [5.41, 5.74) is 2.98. The topological polar surface area (TPSA) is 85.3 Å². The van der Waals surface area contributed by atoms with Crippen LogP contribution in [-0.4, -0.2) is 41.1 Å². The summed E-state index contributed by atoms with van der Waals surface area (Å²) in [6, 6.07) is 11.0. The normalized spacial score (nSPS) is 12.2. The van der Waals surface area contributed by atoms with E-state index in [9.17, 15) is 9.59 Å². The third-order valence-electron chi connectivity index (χ3n) is 5.19. The van der Waals surface area contributed by atoms with Gasteiger partial charge in [-0.15, -0.1) is 0 Å². The second-order valence-corrected chi connectivity index (χ2v) is 8.49. The highest BCUT2D eigenvalue weighted by atomic mass is 16.5. The predicted molar refractivity (Wildman–Crippen MR) is 127 cm³/mol. The fourth-order valence-electron chi connectivity index (χ4n) is 3.62. The number of rotatable bonds is 9. The number of aryl methyl sites for hydroxylation is 1. The number of fused-ring (bicyclic) bond motifs is 1. The maximum absolute atomic E-state index is 12.9. The Hall–Kier alpha value is -3.19. The number of hydrogen-bond acceptors (Lipinski definition) is 4. The van der Waals surface area contributed by atoms with Gasteiger partial charge in [0.05, 0.1) is 12.2 Å². The molecule has 2 aromatic heterocycles. The highest BCUT2D eigenvalue weighted by Gasteiger charge is 2.19. The van der Waals surface area contributed by atoms with Crippen molar-refractivity contribution in [3.05, 3.63) is 59.3 Å². The Kier molecular flexibility index (Phi) is 7.64. The van der Waals surface area contributed by atoms with Crippen LogP contribution in [0.5, 0.6) is 0 Å². The lowest BCUT2D eigenvalue weighted by Crippen LogP contribution is -2.35. The van der Waals surface area contributed by atoms with E-state index in [1.807, 2.05) is 48.0 Å². The van der Waals surface area contributed by atoms with Gasteiger partial charge in [-0.05, 0) is 49.1 Å². The molecule has 3 rings (SSSR count). The fraction of sp³-hybridized carbons (Fsp3) is 0.400. The maximum atomic E-state index is 12.9. The molecule has 2 heterocycles. The molecule has 1 atom stereocenters. The van der Waals surface area contributed by atoms with Gasteiger partial charge in [0.1, 0.15) is 11.5 Å². The molecular weight excluding hydrogens is 404 g/mol. The number of carbonyl (C=O) groups excluding carboxylic acids is 2. The molecular formula is C25H32N4O3. The summed E-state index contributed by atoms with van der Waals surface area (Å²) in [7, 11) is 1.61. The van der Waals surface area contributed by atoms with Crippen LogP contribution < -0.4 is 10.6 Å². The van der Waals surface area contributed by atoms with E-state index in [4.69, 9.17) is 4.74 Å². The first-order valence-electron chi connectivity index (χ1n) is 11.0. The summed E-state index contributed by atoms with van der Waals surface area (Å²) in [6.07, 6.45) is 2.76. The molecule has 0 saturated heterocycles. The molecule has 0 aliphatic rings. The molecule has 2 amide bonds. The number of ether oxygens (including phenoxy) is 1. The Balaban J connectivity index is 1.89. The molecule has 0 bridgehead atoms. The number of nitrogens with one attached hydrogen (secondary N) is 2. The summed E-state index contributed by atoms with van der Waals surface area (Å²) >= 11 is 0. The summed E-state index contributed by atoms with van der Waals surface area (Å²) in [4.78, 5) is 30.2. The summed E-state index contributed by atoms with van der Waals surface area (Å²) in [5, 5.41) is 6.58. The predicted octanol–water partition coefficient (Wildman–Crippen LogP) is 4.27. The van der Waals surface area contributed by atoms with Gasteiger partial charge < -0.3 is 19.9 Å². The van der Waals surface area contributed by atoms with Crippen LogP contribution in [0.4, 0.5) is 5.82 Å². The zero-order valence-electron chi connectivity index (χ0n) is 19.4. The van der Waals surface area contributed by atoms with E-state index in [2.05, 4.69) is 36.4 Å². The minimum atomic E-state index is -0.215. The van der Waals surface area contributed by atoms with Crippen molar-refractivity contribution in [1.29, 1.82) is 0 Å². The monoisotopic (exact) mass is 436 g/mol. The fourth-order valence-corrected chi connectivity index (χ4v) is 3.62. The standard InChI is InChI=1S/C25H32N4O3/c1-6-18-7-9-19(10-8-18)24(30)28-22-12-11-20-21(25(31)26-17(4)15-32-5)14-29(13-16(2)3)23(20)27-22/h7-12,14,16-17H,6,13,15H2,1-5H3,(H,26,31)(H,27,28,30). The van der Waals surface area contributed by atoms with E-state index in [0.717, 1.165) is 11.8 Å². The molecule has 0 radical (unpaired) electrons. The van der Waals surface area contributed by atoms with Gasteiger partial charge in [0, 0.05) is 36.8 Å². The van der Waals surface area contributed by atoms with Crippen molar-refractivity contribution in [2.75, 3.05) is 19.0 Å². The van der Waals surface area contributed by atoms with Gasteiger partial charge in [0.2, 0.25) is 0 Å². The average molecular weight is 437 g/mol. The van der Waals surface area contributed by atoms with E-state index < -0.39 is 0 Å². The van der Waals surface area contributed by atoms with E-state index in [1.54, 1.807) is 13.2 Å². The third-order valence-corrected chi connectivity index (χ3v) is 5.19. The molecule has 1 unspecified atom stereocenters. The molecule has 0 aliphatic heterocycles. The van der Waals surface area contributed by atoms with Gasteiger partial charge >= 0.3 is 0 Å². The Bertz CT molecular complexity index is 1090. The van der Waals surface area contributed by atoms with E-state index >= 15 is 0 Å². The first-order chi connectivity index (χ1) is 15.3. The third kappa shape index (κ3) is 5.53. The molecule has 32 heavy (non-hydrogen) atoms. The van der Waals surface area contributed by atoms with E-state index in [-0.39, 0.29) is 17.9 Å². The number of methoxy groups -OCH3 is 1. The van der Waals surface area contributed by atoms with Crippen LogP contribution in [0.1, 0.15) is 54.0 Å². The lowest BCUT2D eigenvalue weighted by Gasteiger charge is -2.12. The van der Waals surface area contributed by atoms with Crippen molar-refractivity contribution in [2.45, 2.75) is 46.7 Å². The first kappa shape index (κ1) is 23.5. The van der Waals surface area contributed by atoms with Crippen LogP contribution in [0.25, 0.3) is 11.0 Å². The van der Waals surface area contributed by atoms with Crippen LogP contribution in [0.2, 0.25) is 0 Å². The van der Waals surface area contributed by atoms with Gasteiger partial charge in [-0.1, -0.05) is 32.9 Å². The number of carbonyl (C=O) groups is 2. The average Bonchev–Trinajstić information content (AvgIpc) is 3.11. The summed E-state index contributed by atoms with van der Waals surface area (Å²) < 4.78 is 7.09. The Morgan fingerprint density at radius 3 is 2.41 bits per heavy atom. The lowest BCUT2D eigenvalue weighted by molar-refractivity contribution is 0.0906. The molecule has 3 aromatic rings. The van der Waals surface area contributed by atoms with E-state index in [0.29, 0.717) is 41.7 Å². The molecule has 2 N–H and O–H groups in total. The summed E-state index contributed by atoms with van der Waals surface area (Å²) in [6.45, 7) is 9.33. The molecule has 170 valence electrons. The molecule has 1 aromatic carbocycles. The van der Waals surface area contributed by atoms with Crippen molar-refractivity contribution < 1.29 is 14.3 Å². The largest absolute Gasteiger partial charge is 0.383 e. The number of pyridine rings is 1. The molecule has 7 nitrogen and oxygen atoms in total. The van der Waals surface area contributed by atoms with Crippen LogP contribution in [0.15, 0.2) is 42.6 Å². The first-order valence-corrected chi connectivity index (χ1v) is 11.0. The van der Waals surface area contributed by atoms with Crippen LogP contribution >= 0.6 is 0 Å². The minimum absolute atomic E-state index is 0.110. The van der Waals surface area contributed by atoms with E-state index in [1.165, 1.54) is 5.56 Å². The van der Waals surface area contributed by atoms with Crippen LogP contribution in [-0.2, 0) is 17.7 Å². The second-order valence-electron chi connectivity index (χ2n) is 8.49. The SMILES string of the molecule is CCc1ccc(C(=O)Nc2ccc3c(C(=O)NC(C)COC)cn(CC(C)C)c3n2)cc1. The quantitative estimate of drug-likeness (QED) is 0.525. The molecule has 0 saturated carbocycles. The maximum Gasteiger partial charge on any atom is 0.256 e. The zero-order chi connectivity index (χ0) is 23.3. The second kappa shape index (κ2) is 10.4. The number of anilines is 1. The number of amides is 2. The van der Waals surface area contributed by atoms with Crippen LogP contribution in [0, 0.1) is 5.92 Å². The number of nitrogens with zero attached hydrogens (tertiary/aromatic N) is 2. The van der Waals surface area contributed by atoms with Crippen molar-refractivity contribution in [1.82, 2.24) is 14.9 Å². The number of aromatic nitrogens is 2. The number of benzene rings is 1. The Labute approximate surface area is 189 Å².